The number of anilines is 2. The topological polar surface area (TPSA) is 94.4 Å². The van der Waals surface area contributed by atoms with Crippen molar-refractivity contribution in [3.8, 4) is 5.75 Å². The van der Waals surface area contributed by atoms with Crippen molar-refractivity contribution in [2.45, 2.75) is 76.6 Å². The van der Waals surface area contributed by atoms with Gasteiger partial charge in [0.05, 0.1) is 28.9 Å². The summed E-state index contributed by atoms with van der Waals surface area (Å²) in [6, 6.07) is 11.3. The number of carbonyl (C=O) groups is 1. The first kappa shape index (κ1) is 27.9. The van der Waals surface area contributed by atoms with Crippen LogP contribution in [0.4, 0.5) is 10.8 Å². The number of imidazole rings is 1. The lowest BCUT2D eigenvalue weighted by atomic mass is 9.77. The molecule has 0 unspecified atom stereocenters. The van der Waals surface area contributed by atoms with E-state index >= 15 is 0 Å². The fourth-order valence-corrected chi connectivity index (χ4v) is 7.81. The summed E-state index contributed by atoms with van der Waals surface area (Å²) in [5.74, 6) is 1.57. The van der Waals surface area contributed by atoms with E-state index in [0.29, 0.717) is 24.6 Å². The second-order valence-electron chi connectivity index (χ2n) is 12.3. The van der Waals surface area contributed by atoms with E-state index in [1.165, 1.54) is 17.8 Å². The molecule has 0 saturated heterocycles. The summed E-state index contributed by atoms with van der Waals surface area (Å²) >= 11 is 1.51. The van der Waals surface area contributed by atoms with Gasteiger partial charge in [0.2, 0.25) is 0 Å². The number of rotatable bonds is 10. The molecule has 11 heteroatoms. The van der Waals surface area contributed by atoms with E-state index < -0.39 is 8.07 Å². The molecule has 1 aromatic carbocycles. The van der Waals surface area contributed by atoms with Crippen molar-refractivity contribution < 1.29 is 14.3 Å². The van der Waals surface area contributed by atoms with Gasteiger partial charge in [-0.3, -0.25) is 9.36 Å². The molecule has 216 valence electrons. The summed E-state index contributed by atoms with van der Waals surface area (Å²) in [6.07, 6.45) is 8.72. The minimum Gasteiger partial charge on any atom is -0.497 e. The van der Waals surface area contributed by atoms with E-state index in [1.54, 1.807) is 19.8 Å². The normalized spacial score (nSPS) is 16.5. The largest absolute Gasteiger partial charge is 0.497 e. The summed E-state index contributed by atoms with van der Waals surface area (Å²) in [7, 11) is 0.519. The van der Waals surface area contributed by atoms with Crippen LogP contribution in [0.1, 0.15) is 52.9 Å². The summed E-state index contributed by atoms with van der Waals surface area (Å²) in [5.41, 5.74) is 3.41. The molecule has 6 rings (SSSR count). The van der Waals surface area contributed by atoms with Crippen LogP contribution >= 0.6 is 11.3 Å². The fourth-order valence-electron chi connectivity index (χ4n) is 5.96. The van der Waals surface area contributed by atoms with Gasteiger partial charge in [-0.25, -0.2) is 15.0 Å². The first-order valence-electron chi connectivity index (χ1n) is 14.4. The third-order valence-electron chi connectivity index (χ3n) is 8.24. The highest BCUT2D eigenvalue weighted by atomic mass is 32.1. The molecule has 4 aromatic rings. The van der Waals surface area contributed by atoms with Crippen molar-refractivity contribution in [2.75, 3.05) is 19.0 Å². The highest BCUT2D eigenvalue weighted by molar-refractivity contribution is 7.18. The Morgan fingerprint density at radius 3 is 2.59 bits per heavy atom. The lowest BCUT2D eigenvalue weighted by molar-refractivity contribution is 0.0388. The quantitative estimate of drug-likeness (QED) is 0.161. The van der Waals surface area contributed by atoms with Crippen molar-refractivity contribution >= 4 is 47.3 Å². The number of nitrogens with zero attached hydrogens (tertiary/aromatic N) is 5. The van der Waals surface area contributed by atoms with E-state index in [9.17, 15) is 4.79 Å². The van der Waals surface area contributed by atoms with Crippen molar-refractivity contribution in [1.29, 1.82) is 0 Å². The van der Waals surface area contributed by atoms with Crippen LogP contribution in [-0.4, -0.2) is 52.1 Å². The number of aromatic nitrogens is 4. The molecule has 0 bridgehead atoms. The zero-order chi connectivity index (χ0) is 28.6. The van der Waals surface area contributed by atoms with Crippen LogP contribution in [0, 0.1) is 0 Å². The number of carbonyl (C=O) groups excluding carboxylic acids is 1. The predicted octanol–water partition coefficient (Wildman–Crippen LogP) is 6.77. The Hall–Kier alpha value is -3.28. The Labute approximate surface area is 245 Å². The molecule has 1 fully saturated rings. The third kappa shape index (κ3) is 5.50. The number of benzene rings is 1. The van der Waals surface area contributed by atoms with Crippen LogP contribution in [0.15, 0.2) is 43.0 Å². The van der Waals surface area contributed by atoms with Gasteiger partial charge in [-0.1, -0.05) is 51.0 Å². The van der Waals surface area contributed by atoms with Gasteiger partial charge in [-0.2, -0.15) is 0 Å². The molecule has 3 aromatic heterocycles. The Balaban J connectivity index is 1.23. The minimum absolute atomic E-state index is 0.114. The monoisotopic (exact) mass is 590 g/mol. The number of hydrogen-bond acceptors (Lipinski definition) is 8. The Morgan fingerprint density at radius 1 is 1.07 bits per heavy atom. The number of hydrogen-bond donors (Lipinski definition) is 1. The van der Waals surface area contributed by atoms with Crippen molar-refractivity contribution in [2.24, 2.45) is 0 Å². The zero-order valence-corrected chi connectivity index (χ0v) is 26.1. The molecular weight excluding hydrogens is 553 g/mol. The molecular formula is C30H38N6O3SSi. The van der Waals surface area contributed by atoms with Crippen molar-refractivity contribution in [3.05, 3.63) is 59.0 Å². The number of fused-ring (bicyclic) bond motifs is 3. The van der Waals surface area contributed by atoms with E-state index in [1.807, 2.05) is 16.7 Å². The van der Waals surface area contributed by atoms with Gasteiger partial charge in [-0.15, -0.1) is 11.3 Å². The van der Waals surface area contributed by atoms with Gasteiger partial charge in [0, 0.05) is 26.8 Å². The average Bonchev–Trinajstić information content (AvgIpc) is 3.63. The molecule has 41 heavy (non-hydrogen) atoms. The molecule has 1 N–H and O–H groups in total. The van der Waals surface area contributed by atoms with Crippen LogP contribution in [0.2, 0.25) is 25.7 Å². The molecule has 2 aliphatic rings. The van der Waals surface area contributed by atoms with Gasteiger partial charge >= 0.3 is 0 Å². The lowest BCUT2D eigenvalue weighted by Gasteiger charge is -2.42. The van der Waals surface area contributed by atoms with Crippen molar-refractivity contribution in [3.63, 3.8) is 0 Å². The maximum atomic E-state index is 13.9. The summed E-state index contributed by atoms with van der Waals surface area (Å²) in [6.45, 7) is 8.77. The highest BCUT2D eigenvalue weighted by Crippen LogP contribution is 2.53. The van der Waals surface area contributed by atoms with Crippen LogP contribution in [0.5, 0.6) is 5.75 Å². The number of ether oxygens (including phenoxy) is 2. The SMILES string of the molecule is COc1ccc(CN2C(=O)c3sc(Nc4ncnc5c4ncn5COCC[Si](C)(C)C)cc3C23CCCCC3)cc1. The second-order valence-corrected chi connectivity index (χ2v) is 18.9. The Kier molecular flexibility index (Phi) is 7.60. The van der Waals surface area contributed by atoms with E-state index in [0.717, 1.165) is 70.7 Å². The summed E-state index contributed by atoms with van der Waals surface area (Å²) < 4.78 is 13.2. The molecule has 1 amide bonds. The zero-order valence-electron chi connectivity index (χ0n) is 24.3. The van der Waals surface area contributed by atoms with Crippen molar-refractivity contribution in [1.82, 2.24) is 24.4 Å². The maximum absolute atomic E-state index is 13.9. The number of amides is 1. The van der Waals surface area contributed by atoms with Crippen LogP contribution in [0.3, 0.4) is 0 Å². The van der Waals surface area contributed by atoms with Gasteiger partial charge in [0.15, 0.2) is 17.0 Å². The predicted molar refractivity (Wildman–Crippen MR) is 165 cm³/mol. The molecule has 1 aliphatic heterocycles. The lowest BCUT2D eigenvalue weighted by Crippen LogP contribution is -2.44. The molecule has 1 saturated carbocycles. The first-order valence-corrected chi connectivity index (χ1v) is 18.9. The Morgan fingerprint density at radius 2 is 1.85 bits per heavy atom. The van der Waals surface area contributed by atoms with Crippen LogP contribution < -0.4 is 10.1 Å². The molecule has 0 atom stereocenters. The number of thiophene rings is 1. The summed E-state index contributed by atoms with van der Waals surface area (Å²) in [5, 5.41) is 4.37. The molecule has 4 heterocycles. The van der Waals surface area contributed by atoms with E-state index in [4.69, 9.17) is 9.47 Å². The molecule has 0 radical (unpaired) electrons. The van der Waals surface area contributed by atoms with Gasteiger partial charge in [0.1, 0.15) is 18.8 Å². The number of nitrogens with one attached hydrogen (secondary N) is 1. The van der Waals surface area contributed by atoms with Gasteiger partial charge in [0.25, 0.3) is 5.91 Å². The average molecular weight is 591 g/mol. The number of methoxy groups -OCH3 is 1. The van der Waals surface area contributed by atoms with E-state index in [-0.39, 0.29) is 11.4 Å². The maximum Gasteiger partial charge on any atom is 0.265 e. The summed E-state index contributed by atoms with van der Waals surface area (Å²) in [4.78, 5) is 30.4. The third-order valence-corrected chi connectivity index (χ3v) is 11.0. The molecule has 9 nitrogen and oxygen atoms in total. The van der Waals surface area contributed by atoms with E-state index in [2.05, 4.69) is 63.0 Å². The molecule has 1 aliphatic carbocycles. The molecule has 1 spiro atoms. The van der Waals surface area contributed by atoms with Gasteiger partial charge < -0.3 is 19.7 Å². The highest BCUT2D eigenvalue weighted by Gasteiger charge is 2.51. The first-order chi connectivity index (χ1) is 19.8. The Bertz CT molecular complexity index is 1540. The fraction of sp³-hybridized carbons (Fsp3) is 0.467. The van der Waals surface area contributed by atoms with Gasteiger partial charge in [-0.05, 0) is 42.6 Å². The minimum atomic E-state index is -1.15. The smallest absolute Gasteiger partial charge is 0.265 e. The van der Waals surface area contributed by atoms with Crippen LogP contribution in [0.25, 0.3) is 11.2 Å². The van der Waals surface area contributed by atoms with Crippen LogP contribution in [-0.2, 0) is 23.6 Å². The standard InChI is InChI=1S/C30H38N6O3SSi/c1-38-22-10-8-21(9-11-22)17-36-29(37)26-23(30(36)12-6-5-7-13-30)16-24(40-26)34-27-25-28(32-18-31-27)35(19-33-25)20-39-14-15-41(2,3)4/h8-11,16,18-19H,5-7,12-15,17,20H2,1-4H3,(H,31,32,34). The second kappa shape index (κ2) is 11.2.